The van der Waals surface area contributed by atoms with Crippen molar-refractivity contribution in [3.8, 4) is 0 Å². The predicted octanol–water partition coefficient (Wildman–Crippen LogP) is 3.15. The number of fused-ring (bicyclic) bond motifs is 1. The van der Waals surface area contributed by atoms with Crippen molar-refractivity contribution in [3.63, 3.8) is 0 Å². The normalized spacial score (nSPS) is 13.9. The molecule has 0 amide bonds. The fraction of sp³-hybridized carbons (Fsp3) is 0. The highest BCUT2D eigenvalue weighted by molar-refractivity contribution is 14.2. The van der Waals surface area contributed by atoms with Crippen molar-refractivity contribution in [3.05, 3.63) is 26.0 Å². The Hall–Kier alpha value is -0.120. The lowest BCUT2D eigenvalue weighted by molar-refractivity contribution is 1.37. The van der Waals surface area contributed by atoms with E-state index in [1.165, 1.54) is 5.56 Å². The third-order valence-electron chi connectivity index (χ3n) is 1.46. The summed E-state index contributed by atoms with van der Waals surface area (Å²) >= 11 is 3.49. The monoisotopic (exact) mass is 321 g/mol. The number of aromatic amines is 1. The van der Waals surface area contributed by atoms with Crippen LogP contribution in [0.5, 0.6) is 0 Å². The van der Waals surface area contributed by atoms with Crippen molar-refractivity contribution >= 4 is 52.5 Å². The van der Waals surface area contributed by atoms with Gasteiger partial charge in [0, 0.05) is 22.3 Å². The summed E-state index contributed by atoms with van der Waals surface area (Å²) < 4.78 is 6.60. The van der Waals surface area contributed by atoms with Crippen LogP contribution in [0, 0.1) is 0 Å². The van der Waals surface area contributed by atoms with Crippen LogP contribution in [-0.4, -0.2) is 8.65 Å². The summed E-state index contributed by atoms with van der Waals surface area (Å²) in [7, 11) is 0. The molecule has 1 aliphatic rings. The molecule has 0 unspecified atom stereocenters. The molecule has 1 nitrogen and oxygen atoms in total. The van der Waals surface area contributed by atoms with Crippen LogP contribution >= 0.6 is 36.7 Å². The molecule has 1 aromatic rings. The Morgan fingerprint density at radius 2 is 2.45 bits per heavy atom. The maximum absolute atomic E-state index is 3.47. The lowest BCUT2D eigenvalue weighted by atomic mass is 10.2. The average molecular weight is 322 g/mol. The Kier molecular flexibility index (Phi) is 2.11. The second-order valence-corrected chi connectivity index (χ2v) is 4.94. The quantitative estimate of drug-likeness (QED) is 0.707. The van der Waals surface area contributed by atoms with Gasteiger partial charge in [-0.3, -0.25) is 0 Å². The number of nitrogens with one attached hydrogen (secondary N) is 1. The van der Waals surface area contributed by atoms with Gasteiger partial charge in [-0.15, -0.1) is 0 Å². The van der Waals surface area contributed by atoms with Crippen LogP contribution in [0.4, 0.5) is 0 Å². The summed E-state index contributed by atoms with van der Waals surface area (Å²) in [5, 5.41) is 0. The number of rotatable bonds is 0. The van der Waals surface area contributed by atoms with Gasteiger partial charge >= 0.3 is 0 Å². The minimum Gasteiger partial charge on any atom is -0.360 e. The Morgan fingerprint density at radius 1 is 1.55 bits per heavy atom. The highest BCUT2D eigenvalue weighted by Crippen LogP contribution is 2.24. The SMILES string of the molecule is Brc1c[nH]c2c1C=CI=C=C2. The fourth-order valence-corrected chi connectivity index (χ4v) is 2.63. The first kappa shape index (κ1) is 7.53. The molecule has 56 valence electrons. The fourth-order valence-electron chi connectivity index (χ4n) is 0.931. The summed E-state index contributed by atoms with van der Waals surface area (Å²) in [5.74, 6) is 0. The molecule has 2 rings (SSSR count). The summed E-state index contributed by atoms with van der Waals surface area (Å²) in [4.78, 5) is 3.17. The van der Waals surface area contributed by atoms with Crippen LogP contribution in [-0.2, 0) is 0 Å². The van der Waals surface area contributed by atoms with Gasteiger partial charge in [0.25, 0.3) is 0 Å². The van der Waals surface area contributed by atoms with Gasteiger partial charge in [-0.05, 0) is 46.8 Å². The summed E-state index contributed by atoms with van der Waals surface area (Å²) in [5.41, 5.74) is 2.40. The molecule has 0 aliphatic carbocycles. The third-order valence-corrected chi connectivity index (χ3v) is 3.50. The van der Waals surface area contributed by atoms with Gasteiger partial charge in [-0.1, -0.05) is 3.67 Å². The number of aromatic nitrogens is 1. The predicted molar refractivity (Wildman–Crippen MR) is 61.0 cm³/mol. The van der Waals surface area contributed by atoms with E-state index in [1.54, 1.807) is 0 Å². The molecule has 0 saturated heterocycles. The van der Waals surface area contributed by atoms with Gasteiger partial charge in [-0.2, -0.15) is 0 Å². The summed E-state index contributed by atoms with van der Waals surface area (Å²) in [6.07, 6.45) is 6.14. The molecule has 1 aliphatic heterocycles. The first-order chi connectivity index (χ1) is 5.38. The molecule has 1 aromatic heterocycles. The molecule has 0 atom stereocenters. The lowest BCUT2D eigenvalue weighted by Crippen LogP contribution is -1.73. The van der Waals surface area contributed by atoms with Crippen LogP contribution in [0.2, 0.25) is 0 Å². The second kappa shape index (κ2) is 3.09. The first-order valence-electron chi connectivity index (χ1n) is 3.12. The van der Waals surface area contributed by atoms with Crippen molar-refractivity contribution in [2.45, 2.75) is 0 Å². The number of halogens is 2. The second-order valence-electron chi connectivity index (χ2n) is 2.12. The zero-order valence-electron chi connectivity index (χ0n) is 5.57. The molecule has 11 heavy (non-hydrogen) atoms. The van der Waals surface area contributed by atoms with E-state index in [1.807, 2.05) is 12.3 Å². The van der Waals surface area contributed by atoms with Crippen molar-refractivity contribution in [1.82, 2.24) is 4.98 Å². The summed E-state index contributed by atoms with van der Waals surface area (Å²) in [6.45, 7) is 0. The van der Waals surface area contributed by atoms with Crippen LogP contribution in [0.15, 0.2) is 14.8 Å². The number of hydrogen-bond donors (Lipinski definition) is 1. The molecular weight excluding hydrogens is 317 g/mol. The first-order valence-corrected chi connectivity index (χ1v) is 6.24. The van der Waals surface area contributed by atoms with Crippen molar-refractivity contribution in [1.29, 1.82) is 0 Å². The topological polar surface area (TPSA) is 15.8 Å². The molecule has 0 bridgehead atoms. The molecule has 0 aromatic carbocycles. The van der Waals surface area contributed by atoms with Crippen LogP contribution in [0.1, 0.15) is 11.3 Å². The number of hydrogen-bond acceptors (Lipinski definition) is 0. The minimum absolute atomic E-state index is 0.0254. The number of H-pyrrole nitrogens is 1. The van der Waals surface area contributed by atoms with Gasteiger partial charge in [0.1, 0.15) is 0 Å². The van der Waals surface area contributed by atoms with Gasteiger partial charge in [0.15, 0.2) is 0 Å². The van der Waals surface area contributed by atoms with Gasteiger partial charge in [0.2, 0.25) is 0 Å². The van der Waals surface area contributed by atoms with Crippen molar-refractivity contribution < 1.29 is 0 Å². The largest absolute Gasteiger partial charge is 0.360 e. The van der Waals surface area contributed by atoms with E-state index in [9.17, 15) is 0 Å². The third kappa shape index (κ3) is 1.41. The zero-order chi connectivity index (χ0) is 7.68. The lowest BCUT2D eigenvalue weighted by Gasteiger charge is -1.88. The minimum atomic E-state index is 0.0254. The standard InChI is InChI=1S/C8H5BrIN/c9-7-5-11-8-2-4-10-3-1-6(7)8/h1-3,5,11H. The zero-order valence-corrected chi connectivity index (χ0v) is 9.31. The maximum Gasteiger partial charge on any atom is 0.0548 e. The molecule has 0 fully saturated rings. The van der Waals surface area contributed by atoms with Crippen LogP contribution in [0.25, 0.3) is 12.2 Å². The molecule has 3 heteroatoms. The molecule has 0 radical (unpaired) electrons. The van der Waals surface area contributed by atoms with E-state index >= 15 is 0 Å². The van der Waals surface area contributed by atoms with Gasteiger partial charge in [-0.25, -0.2) is 0 Å². The maximum atomic E-state index is 3.47. The molecule has 2 heterocycles. The molecule has 0 spiro atoms. The Morgan fingerprint density at radius 3 is 3.36 bits per heavy atom. The Bertz CT molecular complexity index is 369. The smallest absolute Gasteiger partial charge is 0.0548 e. The van der Waals surface area contributed by atoms with Gasteiger partial charge in [0.05, 0.1) is 5.69 Å². The van der Waals surface area contributed by atoms with E-state index in [2.05, 4.69) is 34.7 Å². The van der Waals surface area contributed by atoms with E-state index in [0.717, 1.165) is 10.2 Å². The highest BCUT2D eigenvalue weighted by Gasteiger charge is 2.03. The molecule has 0 saturated carbocycles. The highest BCUT2D eigenvalue weighted by atomic mass is 127. The Balaban J connectivity index is 2.69. The molecule has 1 N–H and O–H groups in total. The molecular formula is C8H5BrIN. The average Bonchev–Trinajstić information content (AvgIpc) is 2.25. The van der Waals surface area contributed by atoms with Gasteiger partial charge < -0.3 is 4.98 Å². The van der Waals surface area contributed by atoms with Crippen LogP contribution in [0.3, 0.4) is 0 Å². The van der Waals surface area contributed by atoms with E-state index < -0.39 is 0 Å². The van der Waals surface area contributed by atoms with E-state index in [-0.39, 0.29) is 20.7 Å². The Labute approximate surface area is 83.1 Å². The van der Waals surface area contributed by atoms with E-state index in [4.69, 9.17) is 0 Å². The van der Waals surface area contributed by atoms with Crippen molar-refractivity contribution in [2.75, 3.05) is 0 Å². The van der Waals surface area contributed by atoms with Crippen LogP contribution < -0.4 is 0 Å². The van der Waals surface area contributed by atoms with E-state index in [0.29, 0.717) is 0 Å². The summed E-state index contributed by atoms with van der Waals surface area (Å²) in [6, 6.07) is 0. The van der Waals surface area contributed by atoms with Crippen molar-refractivity contribution in [2.24, 2.45) is 0 Å².